The summed E-state index contributed by atoms with van der Waals surface area (Å²) in [5.74, 6) is -1.28. The molecule has 3 rings (SSSR count). The lowest BCUT2D eigenvalue weighted by molar-refractivity contribution is 0.0928. The van der Waals surface area contributed by atoms with Crippen LogP contribution in [0.5, 0.6) is 0 Å². The van der Waals surface area contributed by atoms with Crippen molar-refractivity contribution in [2.75, 3.05) is 5.75 Å². The number of hydrogen-bond acceptors (Lipinski definition) is 5. The number of para-hydroxylation sites is 1. The van der Waals surface area contributed by atoms with Crippen molar-refractivity contribution in [2.24, 2.45) is 0 Å². The first kappa shape index (κ1) is 13.4. The zero-order chi connectivity index (χ0) is 14.9. The average molecular weight is 301 g/mol. The van der Waals surface area contributed by atoms with E-state index >= 15 is 0 Å². The Labute approximate surface area is 120 Å². The van der Waals surface area contributed by atoms with Gasteiger partial charge in [0.05, 0.1) is 10.4 Å². The molecule has 0 saturated heterocycles. The van der Waals surface area contributed by atoms with Crippen molar-refractivity contribution < 1.29 is 13.2 Å². The number of nitrogens with zero attached hydrogens (tertiary/aromatic N) is 3. The molecule has 0 spiro atoms. The Morgan fingerprint density at radius 1 is 1.00 bits per heavy atom. The van der Waals surface area contributed by atoms with Crippen LogP contribution < -0.4 is 0 Å². The van der Waals surface area contributed by atoms with Gasteiger partial charge < -0.3 is 0 Å². The van der Waals surface area contributed by atoms with Gasteiger partial charge in [0.2, 0.25) is 0 Å². The van der Waals surface area contributed by atoms with Gasteiger partial charge in [0.1, 0.15) is 11.3 Å². The van der Waals surface area contributed by atoms with Gasteiger partial charge >= 0.3 is 0 Å². The van der Waals surface area contributed by atoms with Crippen LogP contribution in [0.4, 0.5) is 0 Å². The summed E-state index contributed by atoms with van der Waals surface area (Å²) in [5, 5.41) is 7.57. The minimum atomic E-state index is -3.69. The van der Waals surface area contributed by atoms with Crippen LogP contribution >= 0.6 is 0 Å². The summed E-state index contributed by atoms with van der Waals surface area (Å²) in [5.41, 5.74) is 1.04. The van der Waals surface area contributed by atoms with Crippen LogP contribution in [0.3, 0.4) is 0 Å². The number of carbonyl (C=O) groups is 1. The molecule has 0 bridgehead atoms. The van der Waals surface area contributed by atoms with Gasteiger partial charge in [-0.25, -0.2) is 8.42 Å². The van der Waals surface area contributed by atoms with Crippen molar-refractivity contribution in [3.05, 3.63) is 54.6 Å². The molecule has 0 saturated carbocycles. The number of fused-ring (bicyclic) bond motifs is 1. The molecular formula is C14H11N3O3S. The Kier molecular flexibility index (Phi) is 3.26. The topological polar surface area (TPSA) is 81.9 Å². The van der Waals surface area contributed by atoms with Crippen LogP contribution in [0.25, 0.3) is 11.0 Å². The Morgan fingerprint density at radius 3 is 2.43 bits per heavy atom. The molecule has 21 heavy (non-hydrogen) atoms. The van der Waals surface area contributed by atoms with E-state index in [0.717, 1.165) is 4.68 Å². The van der Waals surface area contributed by atoms with E-state index in [9.17, 15) is 13.2 Å². The molecule has 0 atom stereocenters. The highest BCUT2D eigenvalue weighted by molar-refractivity contribution is 7.92. The van der Waals surface area contributed by atoms with E-state index in [2.05, 4.69) is 10.3 Å². The number of carbonyl (C=O) groups excluding carboxylic acids is 1. The molecule has 1 aromatic heterocycles. The predicted octanol–water partition coefficient (Wildman–Crippen LogP) is 1.55. The first-order valence-electron chi connectivity index (χ1n) is 6.19. The summed E-state index contributed by atoms with van der Waals surface area (Å²) < 4.78 is 25.4. The fourth-order valence-electron chi connectivity index (χ4n) is 1.99. The molecule has 0 unspecified atom stereocenters. The van der Waals surface area contributed by atoms with Crippen LogP contribution in [0.15, 0.2) is 59.5 Å². The Hall–Kier alpha value is -2.54. The second-order valence-electron chi connectivity index (χ2n) is 4.46. The number of rotatable bonds is 3. The molecule has 0 fully saturated rings. The summed E-state index contributed by atoms with van der Waals surface area (Å²) in [6.45, 7) is 0. The van der Waals surface area contributed by atoms with Gasteiger partial charge in [-0.15, -0.1) is 5.10 Å². The number of benzene rings is 2. The fourth-order valence-corrected chi connectivity index (χ4v) is 3.17. The van der Waals surface area contributed by atoms with Crippen LogP contribution in [0.2, 0.25) is 0 Å². The van der Waals surface area contributed by atoms with Crippen LogP contribution in [-0.4, -0.2) is 35.1 Å². The molecule has 106 valence electrons. The summed E-state index contributed by atoms with van der Waals surface area (Å²) in [6, 6.07) is 14.7. The normalized spacial score (nSPS) is 11.6. The van der Waals surface area contributed by atoms with Gasteiger partial charge in [-0.05, 0) is 24.3 Å². The molecule has 2 aromatic carbocycles. The lowest BCUT2D eigenvalue weighted by Gasteiger charge is -2.04. The number of aromatic nitrogens is 3. The zero-order valence-electron chi connectivity index (χ0n) is 10.9. The molecule has 7 heteroatoms. The zero-order valence-corrected chi connectivity index (χ0v) is 11.7. The van der Waals surface area contributed by atoms with Gasteiger partial charge in [-0.2, -0.15) is 4.68 Å². The fraction of sp³-hybridized carbons (Fsp3) is 0.0714. The number of hydrogen-bond donors (Lipinski definition) is 0. The maximum Gasteiger partial charge on any atom is 0.264 e. The first-order chi connectivity index (χ1) is 10.1. The molecule has 0 aliphatic carbocycles. The van der Waals surface area contributed by atoms with Crippen LogP contribution in [0, 0.1) is 0 Å². The first-order valence-corrected chi connectivity index (χ1v) is 7.84. The highest BCUT2D eigenvalue weighted by Gasteiger charge is 2.22. The largest absolute Gasteiger partial charge is 0.271 e. The maximum absolute atomic E-state index is 12.2. The van der Waals surface area contributed by atoms with Crippen molar-refractivity contribution in [2.45, 2.75) is 4.90 Å². The summed E-state index contributed by atoms with van der Waals surface area (Å²) in [6.07, 6.45) is 0. The van der Waals surface area contributed by atoms with Crippen LogP contribution in [-0.2, 0) is 9.84 Å². The quantitative estimate of drug-likeness (QED) is 0.733. The van der Waals surface area contributed by atoms with Gasteiger partial charge in [0.25, 0.3) is 5.91 Å². The van der Waals surface area contributed by atoms with Gasteiger partial charge in [0.15, 0.2) is 9.84 Å². The van der Waals surface area contributed by atoms with E-state index in [-0.39, 0.29) is 4.90 Å². The van der Waals surface area contributed by atoms with E-state index in [0.29, 0.717) is 11.0 Å². The van der Waals surface area contributed by atoms with Crippen LogP contribution in [0.1, 0.15) is 4.79 Å². The van der Waals surface area contributed by atoms with E-state index in [4.69, 9.17) is 0 Å². The summed E-state index contributed by atoms with van der Waals surface area (Å²) >= 11 is 0. The number of sulfone groups is 1. The van der Waals surface area contributed by atoms with Gasteiger partial charge in [0, 0.05) is 0 Å². The third-order valence-electron chi connectivity index (χ3n) is 3.00. The monoisotopic (exact) mass is 301 g/mol. The summed E-state index contributed by atoms with van der Waals surface area (Å²) in [7, 11) is -3.69. The minimum Gasteiger partial charge on any atom is -0.271 e. The molecule has 6 nitrogen and oxygen atoms in total. The average Bonchev–Trinajstić information content (AvgIpc) is 2.92. The third-order valence-corrected chi connectivity index (χ3v) is 4.62. The van der Waals surface area contributed by atoms with Crippen molar-refractivity contribution >= 4 is 26.8 Å². The predicted molar refractivity (Wildman–Crippen MR) is 76.6 cm³/mol. The molecule has 0 N–H and O–H groups in total. The minimum absolute atomic E-state index is 0.114. The molecule has 3 aromatic rings. The van der Waals surface area contributed by atoms with Crippen molar-refractivity contribution in [3.63, 3.8) is 0 Å². The molecule has 0 amide bonds. The summed E-state index contributed by atoms with van der Waals surface area (Å²) in [4.78, 5) is 12.3. The van der Waals surface area contributed by atoms with Crippen molar-refractivity contribution in [1.29, 1.82) is 0 Å². The van der Waals surface area contributed by atoms with E-state index in [1.165, 1.54) is 12.1 Å². The highest BCUT2D eigenvalue weighted by atomic mass is 32.2. The second kappa shape index (κ2) is 5.10. The maximum atomic E-state index is 12.2. The Bertz CT molecular complexity index is 901. The molecule has 0 aliphatic heterocycles. The van der Waals surface area contributed by atoms with Crippen molar-refractivity contribution in [1.82, 2.24) is 15.0 Å². The lowest BCUT2D eigenvalue weighted by atomic mass is 10.3. The standard InChI is InChI=1S/C14H11N3O3S/c18-14(10-21(19,20)11-6-2-1-3-7-11)17-13-9-5-4-8-12(13)15-16-17/h1-9H,10H2. The van der Waals surface area contributed by atoms with Gasteiger partial charge in [-0.1, -0.05) is 35.5 Å². The Morgan fingerprint density at radius 2 is 1.67 bits per heavy atom. The second-order valence-corrected chi connectivity index (χ2v) is 6.45. The lowest BCUT2D eigenvalue weighted by Crippen LogP contribution is -2.23. The Balaban J connectivity index is 1.94. The highest BCUT2D eigenvalue weighted by Crippen LogP contribution is 2.13. The SMILES string of the molecule is O=C(CS(=O)(=O)c1ccccc1)n1nnc2ccccc21. The smallest absolute Gasteiger partial charge is 0.264 e. The van der Waals surface area contributed by atoms with E-state index < -0.39 is 21.5 Å². The van der Waals surface area contributed by atoms with E-state index in [1.807, 2.05) is 0 Å². The molecular weight excluding hydrogens is 290 g/mol. The van der Waals surface area contributed by atoms with Gasteiger partial charge in [-0.3, -0.25) is 4.79 Å². The molecule has 0 radical (unpaired) electrons. The third kappa shape index (κ3) is 2.55. The molecule has 1 heterocycles. The molecule has 0 aliphatic rings. The van der Waals surface area contributed by atoms with E-state index in [1.54, 1.807) is 42.5 Å². The van der Waals surface area contributed by atoms with Crippen molar-refractivity contribution in [3.8, 4) is 0 Å².